The number of fused-ring (bicyclic) bond motifs is 1. The van der Waals surface area contributed by atoms with Gasteiger partial charge in [-0.1, -0.05) is 30.3 Å². The number of benzene rings is 1. The third kappa shape index (κ3) is 2.12. The van der Waals surface area contributed by atoms with Crippen LogP contribution in [0.2, 0.25) is 0 Å². The number of hydrogen-bond donors (Lipinski definition) is 0. The molecule has 0 N–H and O–H groups in total. The maximum absolute atomic E-state index is 15.0. The number of hydrogen-bond acceptors (Lipinski definition) is 2. The number of nitrogens with zero attached hydrogens (tertiary/aromatic N) is 2. The van der Waals surface area contributed by atoms with Crippen LogP contribution in [0.15, 0.2) is 30.3 Å². The van der Waals surface area contributed by atoms with E-state index in [1.54, 1.807) is 4.90 Å². The molecule has 2 fully saturated rings. The number of carbonyl (C=O) groups excluding carboxylic acids is 1. The van der Waals surface area contributed by atoms with Gasteiger partial charge < -0.3 is 4.90 Å². The monoisotopic (exact) mass is 276 g/mol. The number of rotatable bonds is 3. The Kier molecular flexibility index (Phi) is 3.28. The van der Waals surface area contributed by atoms with E-state index in [4.69, 9.17) is 0 Å². The first-order valence-electron chi connectivity index (χ1n) is 7.27. The molecule has 3 rings (SSSR count). The second kappa shape index (κ2) is 4.85. The molecule has 1 aromatic rings. The fourth-order valence-corrected chi connectivity index (χ4v) is 3.31. The molecule has 0 spiro atoms. The molecule has 2 atom stereocenters. The van der Waals surface area contributed by atoms with Crippen molar-refractivity contribution in [1.29, 1.82) is 0 Å². The van der Waals surface area contributed by atoms with Gasteiger partial charge in [0, 0.05) is 38.1 Å². The van der Waals surface area contributed by atoms with Gasteiger partial charge in [0.15, 0.2) is 0 Å². The smallest absolute Gasteiger partial charge is 0.262 e. The summed E-state index contributed by atoms with van der Waals surface area (Å²) in [6, 6.07) is 10.1. The largest absolute Gasteiger partial charge is 0.335 e. The normalized spacial score (nSPS) is 30.3. The lowest BCUT2D eigenvalue weighted by Crippen LogP contribution is -2.42. The van der Waals surface area contributed by atoms with Crippen LogP contribution in [0.25, 0.3) is 0 Å². The molecule has 1 amide bonds. The number of alkyl halides is 1. The molecule has 0 bridgehead atoms. The predicted octanol–water partition coefficient (Wildman–Crippen LogP) is 2.08. The van der Waals surface area contributed by atoms with Gasteiger partial charge in [-0.15, -0.1) is 0 Å². The SMILES string of the molecule is CC(C)N1C[C@H]2CN(Cc3ccccc3)C(=O)[C@@]2(F)C1. The summed E-state index contributed by atoms with van der Waals surface area (Å²) in [4.78, 5) is 16.2. The van der Waals surface area contributed by atoms with Crippen molar-refractivity contribution in [2.75, 3.05) is 19.6 Å². The summed E-state index contributed by atoms with van der Waals surface area (Å²) in [6.07, 6.45) is 0. The first kappa shape index (κ1) is 13.6. The highest BCUT2D eigenvalue weighted by Gasteiger charge is 2.59. The van der Waals surface area contributed by atoms with Crippen LogP contribution in [0.3, 0.4) is 0 Å². The van der Waals surface area contributed by atoms with E-state index >= 15 is 4.39 Å². The molecule has 3 nitrogen and oxygen atoms in total. The van der Waals surface area contributed by atoms with E-state index in [-0.39, 0.29) is 18.4 Å². The number of carbonyl (C=O) groups is 1. The van der Waals surface area contributed by atoms with Crippen molar-refractivity contribution in [3.63, 3.8) is 0 Å². The molecule has 20 heavy (non-hydrogen) atoms. The first-order valence-corrected chi connectivity index (χ1v) is 7.27. The minimum Gasteiger partial charge on any atom is -0.335 e. The summed E-state index contributed by atoms with van der Waals surface area (Å²) in [5, 5.41) is 0. The van der Waals surface area contributed by atoms with E-state index in [0.717, 1.165) is 5.56 Å². The van der Waals surface area contributed by atoms with Crippen LogP contribution >= 0.6 is 0 Å². The Morgan fingerprint density at radius 1 is 1.30 bits per heavy atom. The van der Waals surface area contributed by atoms with Crippen LogP contribution in [-0.4, -0.2) is 47.1 Å². The quantitative estimate of drug-likeness (QED) is 0.844. The topological polar surface area (TPSA) is 23.6 Å². The molecule has 108 valence electrons. The van der Waals surface area contributed by atoms with Crippen molar-refractivity contribution in [2.24, 2.45) is 5.92 Å². The fourth-order valence-electron chi connectivity index (χ4n) is 3.31. The highest BCUT2D eigenvalue weighted by molar-refractivity contribution is 5.88. The number of likely N-dealkylation sites (tertiary alicyclic amines) is 2. The van der Waals surface area contributed by atoms with Gasteiger partial charge >= 0.3 is 0 Å². The molecular weight excluding hydrogens is 255 g/mol. The van der Waals surface area contributed by atoms with Crippen molar-refractivity contribution < 1.29 is 9.18 Å². The number of halogens is 1. The van der Waals surface area contributed by atoms with E-state index in [1.165, 1.54) is 0 Å². The second-order valence-corrected chi connectivity index (χ2v) is 6.25. The van der Waals surface area contributed by atoms with Crippen LogP contribution in [0.4, 0.5) is 4.39 Å². The Bertz CT molecular complexity index is 504. The summed E-state index contributed by atoms with van der Waals surface area (Å²) < 4.78 is 15.0. The summed E-state index contributed by atoms with van der Waals surface area (Å²) in [6.45, 7) is 6.09. The van der Waals surface area contributed by atoms with Gasteiger partial charge in [-0.25, -0.2) is 4.39 Å². The zero-order valence-electron chi connectivity index (χ0n) is 12.1. The van der Waals surface area contributed by atoms with E-state index < -0.39 is 5.67 Å². The van der Waals surface area contributed by atoms with Gasteiger partial charge in [0.25, 0.3) is 5.91 Å². The maximum atomic E-state index is 15.0. The fraction of sp³-hybridized carbons (Fsp3) is 0.562. The molecule has 2 saturated heterocycles. The Labute approximate surface area is 119 Å². The van der Waals surface area contributed by atoms with Crippen LogP contribution in [0.1, 0.15) is 19.4 Å². The third-order valence-electron chi connectivity index (χ3n) is 4.57. The predicted molar refractivity (Wildman–Crippen MR) is 75.9 cm³/mol. The number of amides is 1. The van der Waals surface area contributed by atoms with Crippen molar-refractivity contribution >= 4 is 5.91 Å². The van der Waals surface area contributed by atoms with Gasteiger partial charge in [-0.3, -0.25) is 9.69 Å². The van der Waals surface area contributed by atoms with Gasteiger partial charge in [0.1, 0.15) is 0 Å². The minimum atomic E-state index is -1.67. The summed E-state index contributed by atoms with van der Waals surface area (Å²) in [5.74, 6) is -0.504. The summed E-state index contributed by atoms with van der Waals surface area (Å²) in [7, 11) is 0. The van der Waals surface area contributed by atoms with Crippen LogP contribution in [-0.2, 0) is 11.3 Å². The zero-order chi connectivity index (χ0) is 14.3. The molecular formula is C16H21FN2O. The highest BCUT2D eigenvalue weighted by atomic mass is 19.1. The minimum absolute atomic E-state index is 0.180. The van der Waals surface area contributed by atoms with Crippen LogP contribution in [0.5, 0.6) is 0 Å². The molecule has 0 unspecified atom stereocenters. The lowest BCUT2D eigenvalue weighted by atomic mass is 9.97. The lowest BCUT2D eigenvalue weighted by Gasteiger charge is -2.25. The molecule has 0 radical (unpaired) electrons. The van der Waals surface area contributed by atoms with E-state index in [1.807, 2.05) is 30.3 Å². The van der Waals surface area contributed by atoms with Gasteiger partial charge in [0.2, 0.25) is 5.67 Å². The van der Waals surface area contributed by atoms with Crippen molar-refractivity contribution in [3.8, 4) is 0 Å². The van der Waals surface area contributed by atoms with Crippen molar-refractivity contribution in [2.45, 2.75) is 32.1 Å². The standard InChI is InChI=1S/C16H21FN2O/c1-12(2)19-10-14-9-18(15(20)16(14,17)11-19)8-13-6-4-3-5-7-13/h3-7,12,14H,8-11H2,1-2H3/t14-,16-/m1/s1. The van der Waals surface area contributed by atoms with Crippen molar-refractivity contribution in [1.82, 2.24) is 9.80 Å². The highest BCUT2D eigenvalue weighted by Crippen LogP contribution is 2.40. The van der Waals surface area contributed by atoms with E-state index in [9.17, 15) is 4.79 Å². The molecule has 2 heterocycles. The lowest BCUT2D eigenvalue weighted by molar-refractivity contribution is -0.138. The Morgan fingerprint density at radius 2 is 2.00 bits per heavy atom. The van der Waals surface area contributed by atoms with Gasteiger partial charge in [-0.2, -0.15) is 0 Å². The van der Waals surface area contributed by atoms with E-state index in [2.05, 4.69) is 18.7 Å². The molecule has 0 saturated carbocycles. The zero-order valence-corrected chi connectivity index (χ0v) is 12.1. The van der Waals surface area contributed by atoms with Crippen molar-refractivity contribution in [3.05, 3.63) is 35.9 Å². The van der Waals surface area contributed by atoms with E-state index in [0.29, 0.717) is 25.7 Å². The summed E-state index contributed by atoms with van der Waals surface area (Å²) in [5.41, 5.74) is -0.607. The van der Waals surface area contributed by atoms with Gasteiger partial charge in [-0.05, 0) is 19.4 Å². The maximum Gasteiger partial charge on any atom is 0.262 e. The first-order chi connectivity index (χ1) is 9.50. The molecule has 4 heteroatoms. The average molecular weight is 276 g/mol. The molecule has 0 aromatic heterocycles. The third-order valence-corrected chi connectivity index (χ3v) is 4.57. The molecule has 0 aliphatic carbocycles. The Hall–Kier alpha value is -1.42. The van der Waals surface area contributed by atoms with Crippen LogP contribution in [0, 0.1) is 5.92 Å². The Balaban J connectivity index is 1.73. The molecule has 1 aromatic carbocycles. The average Bonchev–Trinajstić information content (AvgIpc) is 2.86. The summed E-state index contributed by atoms with van der Waals surface area (Å²) >= 11 is 0. The molecule has 2 aliphatic heterocycles. The van der Waals surface area contributed by atoms with Crippen LogP contribution < -0.4 is 0 Å². The molecule has 2 aliphatic rings. The van der Waals surface area contributed by atoms with Gasteiger partial charge in [0.05, 0.1) is 0 Å². The Morgan fingerprint density at radius 3 is 2.60 bits per heavy atom. The second-order valence-electron chi connectivity index (χ2n) is 6.25.